The molecule has 2 rings (SSSR count). The second-order valence-electron chi connectivity index (χ2n) is 6.82. The summed E-state index contributed by atoms with van der Waals surface area (Å²) in [5, 5.41) is 6.45. The first-order valence-electron chi connectivity index (χ1n) is 9.43. The van der Waals surface area contributed by atoms with Gasteiger partial charge in [-0.1, -0.05) is 26.0 Å². The number of guanidine groups is 1. The molecule has 1 aromatic heterocycles. The van der Waals surface area contributed by atoms with Gasteiger partial charge in [0.05, 0.1) is 6.54 Å². The lowest BCUT2D eigenvalue weighted by Crippen LogP contribution is -2.41. The highest BCUT2D eigenvalue weighted by atomic mass is 127. The van der Waals surface area contributed by atoms with Crippen molar-refractivity contribution in [1.82, 2.24) is 20.2 Å². The van der Waals surface area contributed by atoms with Crippen molar-refractivity contribution in [3.63, 3.8) is 0 Å². The quantitative estimate of drug-likeness (QED) is 0.311. The summed E-state index contributed by atoms with van der Waals surface area (Å²) in [4.78, 5) is 9.00. The maximum Gasteiger partial charge on any atom is 0.191 e. The normalized spacial score (nSPS) is 12.4. The van der Waals surface area contributed by atoms with E-state index in [2.05, 4.69) is 39.0 Å². The van der Waals surface area contributed by atoms with E-state index in [-0.39, 0.29) is 41.6 Å². The molecule has 0 aliphatic carbocycles. The molecule has 2 N–H and O–H groups in total. The Balaban J connectivity index is 0.00000392. The van der Waals surface area contributed by atoms with Crippen molar-refractivity contribution >= 4 is 29.9 Å². The number of halogens is 2. The molecule has 0 fully saturated rings. The summed E-state index contributed by atoms with van der Waals surface area (Å²) >= 11 is 0. The van der Waals surface area contributed by atoms with Gasteiger partial charge in [0.1, 0.15) is 18.5 Å². The zero-order valence-corrected chi connectivity index (χ0v) is 19.3. The van der Waals surface area contributed by atoms with Crippen molar-refractivity contribution in [2.24, 2.45) is 10.9 Å². The third kappa shape index (κ3) is 8.04. The van der Waals surface area contributed by atoms with E-state index in [0.717, 1.165) is 18.9 Å². The van der Waals surface area contributed by atoms with Gasteiger partial charge in [0.15, 0.2) is 17.5 Å². The van der Waals surface area contributed by atoms with Crippen LogP contribution >= 0.6 is 24.0 Å². The molecule has 0 radical (unpaired) electrons. The molecule has 1 atom stereocenters. The summed E-state index contributed by atoms with van der Waals surface area (Å²) in [5.41, 5.74) is 0. The van der Waals surface area contributed by atoms with Crippen molar-refractivity contribution in [2.75, 3.05) is 13.1 Å². The Morgan fingerprint density at radius 1 is 1.25 bits per heavy atom. The summed E-state index contributed by atoms with van der Waals surface area (Å²) in [6, 6.07) is 6.41. The number of hydrogen-bond donors (Lipinski definition) is 2. The monoisotopic (exact) mass is 503 g/mol. The third-order valence-corrected chi connectivity index (χ3v) is 3.81. The van der Waals surface area contributed by atoms with Crippen LogP contribution in [0.2, 0.25) is 0 Å². The zero-order chi connectivity index (χ0) is 19.6. The fraction of sp³-hybridized carbons (Fsp3) is 0.500. The number of imidazole rings is 1. The second-order valence-corrected chi connectivity index (χ2v) is 6.82. The van der Waals surface area contributed by atoms with Gasteiger partial charge in [-0.05, 0) is 31.9 Å². The molecular weight excluding hydrogens is 472 g/mol. The van der Waals surface area contributed by atoms with Gasteiger partial charge in [-0.2, -0.15) is 0 Å². The van der Waals surface area contributed by atoms with Gasteiger partial charge < -0.3 is 19.9 Å². The number of hydrogen-bond acceptors (Lipinski definition) is 3. The lowest BCUT2D eigenvalue weighted by Gasteiger charge is -2.18. The highest BCUT2D eigenvalue weighted by molar-refractivity contribution is 14.0. The molecule has 2 aromatic rings. The number of aromatic nitrogens is 2. The number of rotatable bonds is 9. The third-order valence-electron chi connectivity index (χ3n) is 3.81. The van der Waals surface area contributed by atoms with E-state index >= 15 is 0 Å². The van der Waals surface area contributed by atoms with Crippen LogP contribution in [0.1, 0.15) is 33.5 Å². The lowest BCUT2D eigenvalue weighted by molar-refractivity contribution is 0.214. The molecule has 0 aliphatic heterocycles. The molecule has 156 valence electrons. The Labute approximate surface area is 184 Å². The van der Waals surface area contributed by atoms with E-state index in [1.54, 1.807) is 24.4 Å². The number of benzene rings is 1. The smallest absolute Gasteiger partial charge is 0.191 e. The zero-order valence-electron chi connectivity index (χ0n) is 17.0. The number of ether oxygens (including phenoxy) is 1. The van der Waals surface area contributed by atoms with Crippen LogP contribution in [-0.2, 0) is 13.1 Å². The molecule has 0 saturated carbocycles. The summed E-state index contributed by atoms with van der Waals surface area (Å²) < 4.78 is 21.5. The molecule has 0 saturated heterocycles. The summed E-state index contributed by atoms with van der Waals surface area (Å²) in [6.45, 7) is 10.9. The number of para-hydroxylation sites is 1. The minimum atomic E-state index is -0.359. The standard InChI is InChI=1S/C20H30FN5O.HI/c1-5-22-20(25-13-19-23-10-11-26(19)14-15(2)3)24-12-16(4)27-18-9-7-6-8-17(18)21;/h6-11,15-16H,5,12-14H2,1-4H3,(H2,22,24,25);1H. The highest BCUT2D eigenvalue weighted by Crippen LogP contribution is 2.16. The van der Waals surface area contributed by atoms with Crippen LogP contribution < -0.4 is 15.4 Å². The van der Waals surface area contributed by atoms with Crippen LogP contribution in [-0.4, -0.2) is 34.7 Å². The SMILES string of the molecule is CCNC(=NCc1nccn1CC(C)C)NCC(C)Oc1ccccc1F.I. The van der Waals surface area contributed by atoms with Crippen LogP contribution in [0.15, 0.2) is 41.7 Å². The maximum atomic E-state index is 13.7. The first-order valence-corrected chi connectivity index (χ1v) is 9.43. The van der Waals surface area contributed by atoms with E-state index < -0.39 is 0 Å². The number of nitrogens with zero attached hydrogens (tertiary/aromatic N) is 3. The lowest BCUT2D eigenvalue weighted by atomic mass is 10.2. The van der Waals surface area contributed by atoms with Gasteiger partial charge in [0, 0.05) is 25.5 Å². The van der Waals surface area contributed by atoms with Gasteiger partial charge in [-0.3, -0.25) is 0 Å². The van der Waals surface area contributed by atoms with Crippen molar-refractivity contribution in [2.45, 2.75) is 46.9 Å². The van der Waals surface area contributed by atoms with E-state index in [1.807, 2.05) is 20.0 Å². The largest absolute Gasteiger partial charge is 0.486 e. The topological polar surface area (TPSA) is 63.5 Å². The van der Waals surface area contributed by atoms with Gasteiger partial charge in [-0.25, -0.2) is 14.4 Å². The van der Waals surface area contributed by atoms with Crippen LogP contribution in [0, 0.1) is 11.7 Å². The Bertz CT molecular complexity index is 735. The Kier molecular flexibility index (Phi) is 10.9. The Hall–Kier alpha value is -1.84. The predicted molar refractivity (Wildman–Crippen MR) is 122 cm³/mol. The molecule has 0 bridgehead atoms. The van der Waals surface area contributed by atoms with Crippen LogP contribution in [0.5, 0.6) is 5.75 Å². The molecule has 6 nitrogen and oxygen atoms in total. The minimum Gasteiger partial charge on any atom is -0.486 e. The van der Waals surface area contributed by atoms with Crippen molar-refractivity contribution in [3.05, 3.63) is 48.3 Å². The molecule has 28 heavy (non-hydrogen) atoms. The fourth-order valence-corrected chi connectivity index (χ4v) is 2.58. The second kappa shape index (κ2) is 12.6. The summed E-state index contributed by atoms with van der Waals surface area (Å²) in [5.74, 6) is 2.05. The van der Waals surface area contributed by atoms with Crippen molar-refractivity contribution in [1.29, 1.82) is 0 Å². The van der Waals surface area contributed by atoms with Crippen molar-refractivity contribution in [3.8, 4) is 5.75 Å². The van der Waals surface area contributed by atoms with Gasteiger partial charge >= 0.3 is 0 Å². The Morgan fingerprint density at radius 3 is 2.68 bits per heavy atom. The van der Waals surface area contributed by atoms with E-state index in [4.69, 9.17) is 4.74 Å². The maximum absolute atomic E-state index is 13.7. The molecular formula is C20H31FIN5O. The predicted octanol–water partition coefficient (Wildman–Crippen LogP) is 3.82. The molecule has 0 aliphatic rings. The van der Waals surface area contributed by atoms with Crippen molar-refractivity contribution < 1.29 is 9.13 Å². The van der Waals surface area contributed by atoms with Gasteiger partial charge in [0.2, 0.25) is 0 Å². The fourth-order valence-electron chi connectivity index (χ4n) is 2.58. The van der Waals surface area contributed by atoms with Crippen LogP contribution in [0.4, 0.5) is 4.39 Å². The van der Waals surface area contributed by atoms with Crippen LogP contribution in [0.25, 0.3) is 0 Å². The van der Waals surface area contributed by atoms with Gasteiger partial charge in [-0.15, -0.1) is 24.0 Å². The Morgan fingerprint density at radius 2 is 2.00 bits per heavy atom. The molecule has 0 amide bonds. The molecule has 1 heterocycles. The first-order chi connectivity index (χ1) is 13.0. The van der Waals surface area contributed by atoms with Gasteiger partial charge in [0.25, 0.3) is 0 Å². The average Bonchev–Trinajstić information content (AvgIpc) is 3.05. The molecule has 1 unspecified atom stereocenters. The molecule has 0 spiro atoms. The van der Waals surface area contributed by atoms with Crippen LogP contribution in [0.3, 0.4) is 0 Å². The minimum absolute atomic E-state index is 0. The van der Waals surface area contributed by atoms with E-state index in [1.165, 1.54) is 6.07 Å². The average molecular weight is 503 g/mol. The molecule has 8 heteroatoms. The number of nitrogens with one attached hydrogen (secondary N) is 2. The summed E-state index contributed by atoms with van der Waals surface area (Å²) in [7, 11) is 0. The van der Waals surface area contributed by atoms with E-state index in [0.29, 0.717) is 25.0 Å². The number of aliphatic imine (C=N–C) groups is 1. The van der Waals surface area contributed by atoms with E-state index in [9.17, 15) is 4.39 Å². The summed E-state index contributed by atoms with van der Waals surface area (Å²) in [6.07, 6.45) is 3.57. The highest BCUT2D eigenvalue weighted by Gasteiger charge is 2.09. The first kappa shape index (κ1) is 24.2. The molecule has 1 aromatic carbocycles.